The minimum absolute atomic E-state index is 0.0485. The molecule has 0 radical (unpaired) electrons. The number of rotatable bonds is 10. The van der Waals surface area contributed by atoms with Crippen LogP contribution in [-0.2, 0) is 4.74 Å². The molecule has 0 amide bonds. The Morgan fingerprint density at radius 1 is 0.806 bits per heavy atom. The number of methoxy groups -OCH3 is 1. The van der Waals surface area contributed by atoms with Crippen LogP contribution in [0.1, 0.15) is 72.4 Å². The molecule has 4 nitrogen and oxygen atoms in total. The highest BCUT2D eigenvalue weighted by Gasteiger charge is 2.20. The van der Waals surface area contributed by atoms with E-state index in [1.165, 1.54) is 0 Å². The fraction of sp³-hybridized carbons (Fsp3) is 0.281. The largest absolute Gasteiger partial charge is 0.497 e. The second-order valence-corrected chi connectivity index (χ2v) is 9.74. The molecule has 0 atom stereocenters. The summed E-state index contributed by atoms with van der Waals surface area (Å²) >= 11 is 0. The molecule has 0 fully saturated rings. The molecule has 0 aliphatic rings. The molecule has 3 rings (SSSR count). The molecule has 0 spiro atoms. The van der Waals surface area contributed by atoms with Gasteiger partial charge in [0.25, 0.3) is 0 Å². The first-order valence-corrected chi connectivity index (χ1v) is 12.1. The molecule has 0 bridgehead atoms. The van der Waals surface area contributed by atoms with Crippen molar-refractivity contribution >= 4 is 17.3 Å². The zero-order chi connectivity index (χ0) is 26.1. The molecular formula is C32H34O4. The van der Waals surface area contributed by atoms with Crippen molar-refractivity contribution < 1.29 is 19.1 Å². The van der Waals surface area contributed by atoms with Gasteiger partial charge in [-0.15, -0.1) is 5.73 Å². The van der Waals surface area contributed by atoms with E-state index in [1.807, 2.05) is 42.5 Å². The normalized spacial score (nSPS) is 10.8. The lowest BCUT2D eigenvalue weighted by molar-refractivity contribution is 0.0457. The number of carbonyl (C=O) groups excluding carboxylic acids is 2. The number of hydrogen-bond donors (Lipinski definition) is 0. The molecule has 0 heterocycles. The van der Waals surface area contributed by atoms with Gasteiger partial charge in [0.15, 0.2) is 5.78 Å². The Labute approximate surface area is 214 Å². The van der Waals surface area contributed by atoms with Gasteiger partial charge >= 0.3 is 5.97 Å². The van der Waals surface area contributed by atoms with Gasteiger partial charge in [-0.3, -0.25) is 4.79 Å². The summed E-state index contributed by atoms with van der Waals surface area (Å²) in [6, 6.07) is 24.8. The van der Waals surface area contributed by atoms with Crippen LogP contribution < -0.4 is 4.74 Å². The van der Waals surface area contributed by atoms with E-state index >= 15 is 0 Å². The van der Waals surface area contributed by atoms with Crippen molar-refractivity contribution in [1.82, 2.24) is 0 Å². The molecule has 0 saturated carbocycles. The molecule has 0 N–H and O–H groups in total. The maximum absolute atomic E-state index is 12.4. The van der Waals surface area contributed by atoms with Gasteiger partial charge < -0.3 is 9.47 Å². The number of carbonyl (C=O) groups is 2. The molecule has 0 unspecified atom stereocenters. The first kappa shape index (κ1) is 26.7. The van der Waals surface area contributed by atoms with Crippen molar-refractivity contribution in [1.29, 1.82) is 0 Å². The molecule has 36 heavy (non-hydrogen) atoms. The summed E-state index contributed by atoms with van der Waals surface area (Å²) in [5, 5.41) is 0. The fourth-order valence-corrected chi connectivity index (χ4v) is 4.10. The molecule has 0 aliphatic carbocycles. The second-order valence-electron chi connectivity index (χ2n) is 9.74. The van der Waals surface area contributed by atoms with Gasteiger partial charge in [0.1, 0.15) is 5.75 Å². The summed E-state index contributed by atoms with van der Waals surface area (Å²) in [7, 11) is 1.57. The van der Waals surface area contributed by atoms with Gasteiger partial charge in [0, 0.05) is 11.1 Å². The Bertz CT molecular complexity index is 1260. The quantitative estimate of drug-likeness (QED) is 0.170. The van der Waals surface area contributed by atoms with Crippen molar-refractivity contribution in [2.75, 3.05) is 13.7 Å². The lowest BCUT2D eigenvalue weighted by atomic mass is 9.83. The van der Waals surface area contributed by atoms with Crippen LogP contribution in [-0.4, -0.2) is 25.5 Å². The first-order chi connectivity index (χ1) is 17.2. The zero-order valence-corrected chi connectivity index (χ0v) is 21.8. The lowest BCUT2D eigenvalue weighted by Gasteiger charge is -2.24. The van der Waals surface area contributed by atoms with E-state index in [4.69, 9.17) is 9.47 Å². The Kier molecular flexibility index (Phi) is 9.05. The first-order valence-electron chi connectivity index (χ1n) is 12.1. The summed E-state index contributed by atoms with van der Waals surface area (Å²) in [5.41, 5.74) is 8.87. The summed E-state index contributed by atoms with van der Waals surface area (Å²) in [5.74, 6) is 0.326. The summed E-state index contributed by atoms with van der Waals surface area (Å²) < 4.78 is 10.7. The highest BCUT2D eigenvalue weighted by atomic mass is 16.5. The minimum Gasteiger partial charge on any atom is -0.497 e. The van der Waals surface area contributed by atoms with Crippen LogP contribution >= 0.6 is 0 Å². The minimum atomic E-state index is -0.350. The van der Waals surface area contributed by atoms with Crippen LogP contribution in [0.5, 0.6) is 5.75 Å². The van der Waals surface area contributed by atoms with E-state index in [0.717, 1.165) is 35.1 Å². The van der Waals surface area contributed by atoms with Crippen LogP contribution in [0.3, 0.4) is 0 Å². The second kappa shape index (κ2) is 12.2. The van der Waals surface area contributed by atoms with E-state index < -0.39 is 0 Å². The van der Waals surface area contributed by atoms with Crippen LogP contribution in [0.4, 0.5) is 0 Å². The van der Waals surface area contributed by atoms with Crippen LogP contribution in [0.25, 0.3) is 5.57 Å². The van der Waals surface area contributed by atoms with Crippen LogP contribution in [0, 0.1) is 5.41 Å². The van der Waals surface area contributed by atoms with E-state index in [-0.39, 0.29) is 17.2 Å². The van der Waals surface area contributed by atoms with Crippen molar-refractivity contribution in [3.63, 3.8) is 0 Å². The third-order valence-electron chi connectivity index (χ3n) is 6.04. The van der Waals surface area contributed by atoms with Crippen LogP contribution in [0.2, 0.25) is 0 Å². The maximum atomic E-state index is 12.4. The number of ketones is 1. The van der Waals surface area contributed by atoms with Crippen LogP contribution in [0.15, 0.2) is 90.2 Å². The highest BCUT2D eigenvalue weighted by molar-refractivity contribution is 5.94. The zero-order valence-electron chi connectivity index (χ0n) is 21.8. The highest BCUT2D eigenvalue weighted by Crippen LogP contribution is 2.31. The van der Waals surface area contributed by atoms with Gasteiger partial charge in [-0.2, -0.15) is 0 Å². The molecular weight excluding hydrogens is 448 g/mol. The van der Waals surface area contributed by atoms with E-state index in [9.17, 15) is 9.59 Å². The molecule has 3 aromatic carbocycles. The Hall–Kier alpha value is -3.88. The standard InChI is InChI=1S/C32H34O4/c1-23(22-32(3,4)18-19-36-31(34)28-12-9-13-29(21-28)35-5)20-30(26-10-7-6-8-11-26)27-16-14-25(15-17-27)24(2)33/h6-17,21H,18-19,22H2,1-5H3. The van der Waals surface area contributed by atoms with Gasteiger partial charge in [0.2, 0.25) is 0 Å². The van der Waals surface area contributed by atoms with Crippen molar-refractivity contribution in [2.45, 2.75) is 40.5 Å². The number of hydrogen-bond acceptors (Lipinski definition) is 4. The molecule has 0 saturated heterocycles. The third kappa shape index (κ3) is 7.56. The Morgan fingerprint density at radius 2 is 1.42 bits per heavy atom. The number of allylic oxidation sites excluding steroid dienone is 1. The fourth-order valence-electron chi connectivity index (χ4n) is 4.10. The predicted octanol–water partition coefficient (Wildman–Crippen LogP) is 7.54. The number of esters is 1. The molecule has 3 aromatic rings. The van der Waals surface area contributed by atoms with Crippen molar-refractivity contribution in [2.24, 2.45) is 5.41 Å². The van der Waals surface area contributed by atoms with Gasteiger partial charge in [-0.25, -0.2) is 4.79 Å². The number of ether oxygens (including phenoxy) is 2. The van der Waals surface area contributed by atoms with Gasteiger partial charge in [0.05, 0.1) is 19.3 Å². The monoisotopic (exact) mass is 482 g/mol. The van der Waals surface area contributed by atoms with E-state index in [2.05, 4.69) is 38.6 Å². The van der Waals surface area contributed by atoms with Gasteiger partial charge in [-0.1, -0.05) is 74.5 Å². The van der Waals surface area contributed by atoms with Gasteiger partial charge in [-0.05, 0) is 67.0 Å². The molecule has 4 heteroatoms. The topological polar surface area (TPSA) is 52.6 Å². The Balaban J connectivity index is 1.75. The number of benzene rings is 3. The molecule has 0 aliphatic heterocycles. The van der Waals surface area contributed by atoms with E-state index in [0.29, 0.717) is 23.5 Å². The van der Waals surface area contributed by atoms with E-state index in [1.54, 1.807) is 38.3 Å². The summed E-state index contributed by atoms with van der Waals surface area (Å²) in [4.78, 5) is 24.1. The summed E-state index contributed by atoms with van der Waals surface area (Å²) in [6.45, 7) is 8.32. The number of Topliss-reactive ketones (excluding diaryl/α,β-unsaturated/α-hetero) is 1. The van der Waals surface area contributed by atoms with Crippen molar-refractivity contribution in [3.05, 3.63) is 112 Å². The predicted molar refractivity (Wildman–Crippen MR) is 144 cm³/mol. The molecule has 0 aromatic heterocycles. The lowest BCUT2D eigenvalue weighted by Crippen LogP contribution is -2.17. The average molecular weight is 483 g/mol. The Morgan fingerprint density at radius 3 is 2.06 bits per heavy atom. The molecule has 186 valence electrons. The SMILES string of the molecule is COc1cccc(C(=O)OCCC(C)(C)CC(C)=C=C(c2ccccc2)c2ccc(C(C)=O)cc2)c1. The third-order valence-corrected chi connectivity index (χ3v) is 6.04. The summed E-state index contributed by atoms with van der Waals surface area (Å²) in [6.07, 6.45) is 1.52. The maximum Gasteiger partial charge on any atom is 0.338 e. The smallest absolute Gasteiger partial charge is 0.338 e. The average Bonchev–Trinajstić information content (AvgIpc) is 2.87. The van der Waals surface area contributed by atoms with Crippen molar-refractivity contribution in [3.8, 4) is 5.75 Å².